The quantitative estimate of drug-likeness (QED) is 0.0760. The Bertz CT molecular complexity index is 2010. The molecule has 2 saturated heterocycles. The van der Waals surface area contributed by atoms with Crippen LogP contribution in [0.25, 0.3) is 0 Å². The molecular weight excluding hydrogens is 901 g/mol. The zero-order valence-electron chi connectivity index (χ0n) is 43.3. The average molecular weight is 983 g/mol. The van der Waals surface area contributed by atoms with E-state index in [4.69, 9.17) is 19.3 Å². The maximum Gasteiger partial charge on any atom is 0.410 e. The van der Waals surface area contributed by atoms with Gasteiger partial charge in [0.05, 0.1) is 17.9 Å². The third-order valence-electron chi connectivity index (χ3n) is 12.3. The lowest BCUT2D eigenvalue weighted by molar-refractivity contribution is -0.156. The second-order valence-electron chi connectivity index (χ2n) is 20.7. The number of aryl methyl sites for hydroxylation is 3. The molecule has 0 aromatic carbocycles. The first kappa shape index (κ1) is 57.7. The summed E-state index contributed by atoms with van der Waals surface area (Å²) in [4.78, 5) is 63.4. The van der Waals surface area contributed by atoms with Gasteiger partial charge in [0.25, 0.3) is 0 Å². The van der Waals surface area contributed by atoms with Crippen molar-refractivity contribution in [2.75, 3.05) is 32.7 Å². The normalized spacial score (nSPS) is 15.7. The Morgan fingerprint density at radius 2 is 1.07 bits per heavy atom. The number of piperidine rings is 2. The Hall–Kier alpha value is -5.83. The number of likely N-dealkylation sites (tertiary alicyclic amines) is 2. The highest BCUT2D eigenvalue weighted by atomic mass is 16.6. The Balaban J connectivity index is 0.000000256. The fourth-order valence-electron chi connectivity index (χ4n) is 8.39. The molecule has 390 valence electrons. The van der Waals surface area contributed by atoms with Gasteiger partial charge in [0, 0.05) is 69.9 Å². The zero-order chi connectivity index (χ0) is 51.5. The summed E-state index contributed by atoms with van der Waals surface area (Å²) >= 11 is 0. The number of aliphatic hydroxyl groups excluding tert-OH is 1. The number of hydrogen-bond donors (Lipinski definition) is 3. The number of nitrogens with zero attached hydrogens (tertiary/aromatic N) is 5. The Morgan fingerprint density at radius 1 is 0.648 bits per heavy atom. The predicted molar refractivity (Wildman–Crippen MR) is 275 cm³/mol. The number of rotatable bonds is 19. The van der Waals surface area contributed by atoms with E-state index in [0.717, 1.165) is 83.6 Å². The lowest BCUT2D eigenvalue weighted by atomic mass is 9.96. The van der Waals surface area contributed by atoms with Crippen molar-refractivity contribution in [2.24, 2.45) is 11.8 Å². The van der Waals surface area contributed by atoms with Crippen molar-refractivity contribution in [3.05, 3.63) is 114 Å². The van der Waals surface area contributed by atoms with Gasteiger partial charge in [-0.2, -0.15) is 0 Å². The first-order valence-corrected chi connectivity index (χ1v) is 25.8. The predicted octanol–water partition coefficient (Wildman–Crippen LogP) is 10.1. The molecule has 6 heterocycles. The van der Waals surface area contributed by atoms with Crippen LogP contribution in [0, 0.1) is 11.8 Å². The number of aliphatic carboxylic acids is 1. The summed E-state index contributed by atoms with van der Waals surface area (Å²) < 4.78 is 16.7. The van der Waals surface area contributed by atoms with Crippen molar-refractivity contribution < 1.29 is 43.6 Å². The lowest BCUT2D eigenvalue weighted by Crippen LogP contribution is -2.43. The van der Waals surface area contributed by atoms with Gasteiger partial charge in [0.15, 0.2) is 0 Å². The zero-order valence-corrected chi connectivity index (χ0v) is 43.3. The lowest BCUT2D eigenvalue weighted by Gasteiger charge is -2.33. The maximum atomic E-state index is 13.0. The van der Waals surface area contributed by atoms with Gasteiger partial charge in [-0.15, -0.1) is 0 Å². The van der Waals surface area contributed by atoms with Crippen LogP contribution in [0.2, 0.25) is 0 Å². The van der Waals surface area contributed by atoms with Crippen LogP contribution >= 0.6 is 0 Å². The van der Waals surface area contributed by atoms with Crippen LogP contribution in [0.15, 0.2) is 97.5 Å². The SMILES string of the molecule is CC(C)(C)OC(=O)N1CCC(C(=O)O)CC1.CC(C)(C)OC(=O)N1CCC(C(=O)OC(CCCc2cccnc2)CCCc2cccnc2)CC1.OC(CCCC1=CNCC=C1)CCCc1cccnc1. The van der Waals surface area contributed by atoms with Crippen molar-refractivity contribution in [3.8, 4) is 0 Å². The Kier molecular flexibility index (Phi) is 25.1. The van der Waals surface area contributed by atoms with Crippen molar-refractivity contribution in [3.63, 3.8) is 0 Å². The topological polar surface area (TPSA) is 194 Å². The van der Waals surface area contributed by atoms with Crippen LogP contribution in [0.1, 0.15) is 142 Å². The van der Waals surface area contributed by atoms with Crippen LogP contribution < -0.4 is 5.32 Å². The summed E-state index contributed by atoms with van der Waals surface area (Å²) in [6.07, 6.45) is 29.9. The molecule has 1 atom stereocenters. The summed E-state index contributed by atoms with van der Waals surface area (Å²) in [6.45, 7) is 13.9. The Morgan fingerprint density at radius 3 is 1.45 bits per heavy atom. The van der Waals surface area contributed by atoms with Crippen LogP contribution in [-0.2, 0) is 43.1 Å². The summed E-state index contributed by atoms with van der Waals surface area (Å²) in [6, 6.07) is 12.1. The minimum atomic E-state index is -0.774. The summed E-state index contributed by atoms with van der Waals surface area (Å²) in [5.41, 5.74) is 3.96. The van der Waals surface area contributed by atoms with E-state index in [-0.39, 0.29) is 42.2 Å². The molecule has 0 bridgehead atoms. The first-order chi connectivity index (χ1) is 33.9. The number of nitrogens with one attached hydrogen (secondary N) is 1. The minimum Gasteiger partial charge on any atom is -0.481 e. The van der Waals surface area contributed by atoms with E-state index in [1.54, 1.807) is 28.4 Å². The molecule has 3 N–H and O–H groups in total. The molecule has 0 aliphatic carbocycles. The van der Waals surface area contributed by atoms with E-state index < -0.39 is 17.2 Å². The van der Waals surface area contributed by atoms with Gasteiger partial charge in [-0.3, -0.25) is 24.5 Å². The number of pyridine rings is 3. The average Bonchev–Trinajstić information content (AvgIpc) is 3.34. The van der Waals surface area contributed by atoms with Gasteiger partial charge in [-0.1, -0.05) is 30.4 Å². The van der Waals surface area contributed by atoms with Crippen LogP contribution in [0.3, 0.4) is 0 Å². The van der Waals surface area contributed by atoms with Gasteiger partial charge in [-0.25, -0.2) is 9.59 Å². The summed E-state index contributed by atoms with van der Waals surface area (Å²) in [5.74, 6) is -1.41. The van der Waals surface area contributed by atoms with Gasteiger partial charge >= 0.3 is 24.1 Å². The van der Waals surface area contributed by atoms with E-state index in [0.29, 0.717) is 51.9 Å². The first-order valence-electron chi connectivity index (χ1n) is 25.8. The van der Waals surface area contributed by atoms with Crippen molar-refractivity contribution in [1.82, 2.24) is 30.1 Å². The van der Waals surface area contributed by atoms with Gasteiger partial charge in [0.2, 0.25) is 0 Å². The van der Waals surface area contributed by atoms with Crippen molar-refractivity contribution in [1.29, 1.82) is 0 Å². The number of hydrogen-bond acceptors (Lipinski definition) is 12. The third kappa shape index (κ3) is 24.7. The number of carboxylic acids is 1. The second-order valence-corrected chi connectivity index (χ2v) is 20.7. The van der Waals surface area contributed by atoms with E-state index in [9.17, 15) is 24.3 Å². The molecule has 3 aliphatic heterocycles. The van der Waals surface area contributed by atoms with E-state index in [1.807, 2.05) is 78.3 Å². The van der Waals surface area contributed by atoms with E-state index in [2.05, 4.69) is 56.8 Å². The molecule has 0 radical (unpaired) electrons. The fourth-order valence-corrected chi connectivity index (χ4v) is 8.39. The molecule has 15 nitrogen and oxygen atoms in total. The van der Waals surface area contributed by atoms with E-state index in [1.165, 1.54) is 22.3 Å². The number of aromatic nitrogens is 3. The number of carbonyl (C=O) groups is 4. The summed E-state index contributed by atoms with van der Waals surface area (Å²) in [7, 11) is 0. The second kappa shape index (κ2) is 30.8. The molecule has 71 heavy (non-hydrogen) atoms. The van der Waals surface area contributed by atoms with E-state index >= 15 is 0 Å². The monoisotopic (exact) mass is 983 g/mol. The number of esters is 1. The number of amides is 2. The van der Waals surface area contributed by atoms with Crippen molar-refractivity contribution >= 4 is 24.1 Å². The molecular formula is C56H82N6O9. The number of aliphatic hydroxyl groups is 1. The van der Waals surface area contributed by atoms with Crippen LogP contribution in [0.5, 0.6) is 0 Å². The largest absolute Gasteiger partial charge is 0.481 e. The number of allylic oxidation sites excluding steroid dienone is 2. The number of dihydropyridines is 1. The third-order valence-corrected chi connectivity index (χ3v) is 12.3. The molecule has 3 aromatic rings. The molecule has 3 aromatic heterocycles. The van der Waals surface area contributed by atoms with Crippen LogP contribution in [-0.4, -0.2) is 115 Å². The van der Waals surface area contributed by atoms with Crippen molar-refractivity contribution in [2.45, 2.75) is 168 Å². The van der Waals surface area contributed by atoms with Gasteiger partial charge in [0.1, 0.15) is 17.3 Å². The number of ether oxygens (including phenoxy) is 3. The number of carbonyl (C=O) groups excluding carboxylic acids is 3. The molecule has 0 spiro atoms. The molecule has 2 fully saturated rings. The molecule has 1 unspecified atom stereocenters. The van der Waals surface area contributed by atoms with Gasteiger partial charge < -0.3 is 39.5 Å². The smallest absolute Gasteiger partial charge is 0.410 e. The standard InChI is InChI=1S/C28H39N3O4.C17H24N2O.C11H19NO4/c1-28(2,3)35-27(33)31-18-14-24(15-19-31)26(32)34-25(12-4-8-22-10-6-16-29-20-22)13-5-9-23-11-7-17-30-21-23;20-17(9-1-5-15-7-3-11-18-13-15)10-2-6-16-8-4-12-19-14-16;1-11(2,3)16-10(15)12-6-4-8(5-7-12)9(13)14/h6-7,10-11,16-17,20-21,24-25H,4-5,8-9,12-15,18-19H2,1-3H3;3-4,7-8,11,13-14,17,19-20H,1-2,5-6,9-10,12H2;8H,4-7H2,1-3H3,(H,13,14). The molecule has 0 saturated carbocycles. The number of carboxylic acid groups (broad SMARTS) is 1. The molecule has 15 heteroatoms. The maximum absolute atomic E-state index is 13.0. The van der Waals surface area contributed by atoms with Crippen LogP contribution in [0.4, 0.5) is 9.59 Å². The highest BCUT2D eigenvalue weighted by Gasteiger charge is 2.32. The molecule has 2 amide bonds. The highest BCUT2D eigenvalue weighted by molar-refractivity contribution is 5.74. The highest BCUT2D eigenvalue weighted by Crippen LogP contribution is 2.24. The molecule has 6 rings (SSSR count). The minimum absolute atomic E-state index is 0.111. The molecule has 3 aliphatic rings. The van der Waals surface area contributed by atoms with Gasteiger partial charge in [-0.05, 0) is 191 Å². The Labute approximate surface area is 422 Å². The fraction of sp³-hybridized carbons (Fsp3) is 0.589. The summed E-state index contributed by atoms with van der Waals surface area (Å²) in [5, 5.41) is 22.0.